The van der Waals surface area contributed by atoms with Gasteiger partial charge in [-0.15, -0.1) is 0 Å². The average Bonchev–Trinajstić information content (AvgIpc) is 2.65. The van der Waals surface area contributed by atoms with Crippen LogP contribution in [0.25, 0.3) is 0 Å². The molecule has 1 N–H and O–H groups in total. The van der Waals surface area contributed by atoms with E-state index in [-0.39, 0.29) is 25.0 Å². The van der Waals surface area contributed by atoms with E-state index >= 15 is 0 Å². The Hall–Kier alpha value is -1.76. The van der Waals surface area contributed by atoms with Gasteiger partial charge in [0.15, 0.2) is 6.61 Å². The predicted molar refractivity (Wildman–Crippen MR) is 110 cm³/mol. The van der Waals surface area contributed by atoms with Gasteiger partial charge in [-0.3, -0.25) is 9.59 Å². The lowest BCUT2D eigenvalue weighted by atomic mass is 10.1. The van der Waals surface area contributed by atoms with Gasteiger partial charge in [-0.05, 0) is 42.8 Å². The molecule has 5 nitrogen and oxygen atoms in total. The van der Waals surface area contributed by atoms with Crippen molar-refractivity contribution in [2.75, 3.05) is 13.7 Å². The highest BCUT2D eigenvalue weighted by atomic mass is 79.9. The molecule has 144 valence electrons. The summed E-state index contributed by atoms with van der Waals surface area (Å²) in [5.74, 6) is -0.240. The summed E-state index contributed by atoms with van der Waals surface area (Å²) in [6, 6.07) is 11.6. The number of nitrogens with one attached hydrogen (secondary N) is 1. The van der Waals surface area contributed by atoms with Crippen LogP contribution in [-0.2, 0) is 16.1 Å². The van der Waals surface area contributed by atoms with Gasteiger partial charge in [-0.1, -0.05) is 51.3 Å². The molecule has 2 aromatic rings. The Bertz CT molecular complexity index is 815. The molecule has 0 saturated heterocycles. The minimum Gasteiger partial charge on any atom is -0.482 e. The molecule has 0 aliphatic carbocycles. The van der Waals surface area contributed by atoms with Crippen LogP contribution in [0.1, 0.15) is 12.5 Å². The number of nitrogens with zero attached hydrogens (tertiary/aromatic N) is 1. The molecule has 27 heavy (non-hydrogen) atoms. The summed E-state index contributed by atoms with van der Waals surface area (Å²) in [6.45, 7) is 1.70. The minimum absolute atomic E-state index is 0.251. The van der Waals surface area contributed by atoms with Crippen molar-refractivity contribution >= 4 is 50.9 Å². The van der Waals surface area contributed by atoms with Gasteiger partial charge in [0.05, 0.1) is 5.02 Å². The fourth-order valence-electron chi connectivity index (χ4n) is 2.39. The minimum atomic E-state index is -0.657. The Balaban J connectivity index is 2.14. The number of ether oxygens (including phenoxy) is 1. The second-order valence-corrected chi connectivity index (χ2v) is 7.56. The first kappa shape index (κ1) is 21.5. The monoisotopic (exact) mass is 472 g/mol. The van der Waals surface area contributed by atoms with Crippen molar-refractivity contribution in [1.82, 2.24) is 10.2 Å². The van der Waals surface area contributed by atoms with E-state index in [9.17, 15) is 9.59 Å². The van der Waals surface area contributed by atoms with E-state index < -0.39 is 6.04 Å². The second-order valence-electron chi connectivity index (χ2n) is 5.80. The smallest absolute Gasteiger partial charge is 0.261 e. The molecule has 8 heteroatoms. The van der Waals surface area contributed by atoms with Gasteiger partial charge in [0.1, 0.15) is 11.8 Å². The van der Waals surface area contributed by atoms with Crippen molar-refractivity contribution in [2.24, 2.45) is 0 Å². The Morgan fingerprint density at radius 3 is 2.44 bits per heavy atom. The summed E-state index contributed by atoms with van der Waals surface area (Å²) >= 11 is 15.3. The highest BCUT2D eigenvalue weighted by molar-refractivity contribution is 9.10. The SMILES string of the molecule is CNC(=O)[C@@H](C)N(Cc1ccc(Br)cc1)C(=O)COc1ccc(Cl)cc1Cl. The van der Waals surface area contributed by atoms with Crippen molar-refractivity contribution in [3.05, 3.63) is 62.5 Å². The molecular formula is C19H19BrCl2N2O3. The number of hydrogen-bond donors (Lipinski definition) is 1. The standard InChI is InChI=1S/C19H19BrCl2N2O3/c1-12(19(26)23-2)24(10-13-3-5-14(20)6-4-13)18(25)11-27-17-8-7-15(21)9-16(17)22/h3-9,12H,10-11H2,1-2H3,(H,23,26)/t12-/m1/s1. The number of benzene rings is 2. The van der Waals surface area contributed by atoms with Gasteiger partial charge < -0.3 is 15.0 Å². The molecule has 0 aliphatic rings. The van der Waals surface area contributed by atoms with Crippen LogP contribution in [0.15, 0.2) is 46.9 Å². The van der Waals surface area contributed by atoms with Crippen molar-refractivity contribution in [3.8, 4) is 5.75 Å². The molecule has 2 rings (SSSR count). The first-order valence-corrected chi connectivity index (χ1v) is 9.70. The number of halogens is 3. The third-order valence-electron chi connectivity index (χ3n) is 3.92. The van der Waals surface area contributed by atoms with Crippen molar-refractivity contribution in [2.45, 2.75) is 19.5 Å². The van der Waals surface area contributed by atoms with Crippen LogP contribution < -0.4 is 10.1 Å². The second kappa shape index (κ2) is 9.97. The van der Waals surface area contributed by atoms with Crippen LogP contribution >= 0.6 is 39.1 Å². The van der Waals surface area contributed by atoms with Gasteiger partial charge in [0, 0.05) is 23.1 Å². The van der Waals surface area contributed by atoms with Gasteiger partial charge in [-0.2, -0.15) is 0 Å². The number of hydrogen-bond acceptors (Lipinski definition) is 3. The van der Waals surface area contributed by atoms with E-state index in [1.807, 2.05) is 24.3 Å². The maximum atomic E-state index is 12.8. The molecule has 0 aromatic heterocycles. The van der Waals surface area contributed by atoms with E-state index in [0.717, 1.165) is 10.0 Å². The molecule has 0 fully saturated rings. The maximum Gasteiger partial charge on any atom is 0.261 e. The van der Waals surface area contributed by atoms with E-state index in [2.05, 4.69) is 21.2 Å². The van der Waals surface area contributed by atoms with Crippen molar-refractivity contribution in [3.63, 3.8) is 0 Å². The van der Waals surface area contributed by atoms with Crippen molar-refractivity contribution in [1.29, 1.82) is 0 Å². The van der Waals surface area contributed by atoms with E-state index in [1.54, 1.807) is 19.1 Å². The summed E-state index contributed by atoms with van der Waals surface area (Å²) in [5.41, 5.74) is 0.895. The van der Waals surface area contributed by atoms with Crippen LogP contribution in [-0.4, -0.2) is 36.4 Å². The fraction of sp³-hybridized carbons (Fsp3) is 0.263. The number of rotatable bonds is 7. The number of carbonyl (C=O) groups is 2. The lowest BCUT2D eigenvalue weighted by molar-refractivity contribution is -0.142. The quantitative estimate of drug-likeness (QED) is 0.652. The third-order valence-corrected chi connectivity index (χ3v) is 4.98. The molecule has 0 bridgehead atoms. The number of amides is 2. The van der Waals surface area contributed by atoms with Crippen molar-refractivity contribution < 1.29 is 14.3 Å². The van der Waals surface area contributed by atoms with E-state index in [0.29, 0.717) is 15.8 Å². The van der Waals surface area contributed by atoms with E-state index in [1.165, 1.54) is 18.0 Å². The predicted octanol–water partition coefficient (Wildman–Crippen LogP) is 4.30. The number of likely N-dealkylation sites (N-methyl/N-ethyl adjacent to an activating group) is 1. The molecule has 0 unspecified atom stereocenters. The molecule has 2 aromatic carbocycles. The molecule has 0 spiro atoms. The zero-order chi connectivity index (χ0) is 20.0. The summed E-state index contributed by atoms with van der Waals surface area (Å²) < 4.78 is 6.47. The maximum absolute atomic E-state index is 12.8. The zero-order valence-electron chi connectivity index (χ0n) is 14.8. The Labute approximate surface area is 176 Å². The molecule has 2 amide bonds. The highest BCUT2D eigenvalue weighted by Gasteiger charge is 2.26. The summed E-state index contributed by atoms with van der Waals surface area (Å²) in [4.78, 5) is 26.3. The molecule has 0 radical (unpaired) electrons. The van der Waals surface area contributed by atoms with Gasteiger partial charge >= 0.3 is 0 Å². The summed E-state index contributed by atoms with van der Waals surface area (Å²) in [7, 11) is 1.53. The Morgan fingerprint density at radius 1 is 1.19 bits per heavy atom. The molecule has 0 aliphatic heterocycles. The molecule has 0 heterocycles. The van der Waals surface area contributed by atoms with E-state index in [4.69, 9.17) is 27.9 Å². The lowest BCUT2D eigenvalue weighted by Gasteiger charge is -2.28. The first-order valence-electron chi connectivity index (χ1n) is 8.15. The van der Waals surface area contributed by atoms with Crippen LogP contribution in [0.5, 0.6) is 5.75 Å². The average molecular weight is 474 g/mol. The first-order chi connectivity index (χ1) is 12.8. The highest BCUT2D eigenvalue weighted by Crippen LogP contribution is 2.27. The van der Waals surface area contributed by atoms with Gasteiger partial charge in [0.25, 0.3) is 5.91 Å². The molecule has 0 saturated carbocycles. The largest absolute Gasteiger partial charge is 0.482 e. The van der Waals surface area contributed by atoms with Crippen LogP contribution in [0.4, 0.5) is 0 Å². The van der Waals surface area contributed by atoms with Gasteiger partial charge in [0.2, 0.25) is 5.91 Å². The van der Waals surface area contributed by atoms with Crippen LogP contribution in [0, 0.1) is 0 Å². The third kappa shape index (κ3) is 6.13. The summed E-state index contributed by atoms with van der Waals surface area (Å²) in [5, 5.41) is 3.36. The Kier molecular flexibility index (Phi) is 7.95. The number of carbonyl (C=O) groups excluding carboxylic acids is 2. The fourth-order valence-corrected chi connectivity index (χ4v) is 3.12. The Morgan fingerprint density at radius 2 is 1.85 bits per heavy atom. The van der Waals surface area contributed by atoms with Crippen LogP contribution in [0.2, 0.25) is 10.0 Å². The summed E-state index contributed by atoms with van der Waals surface area (Å²) in [6.07, 6.45) is 0. The normalized spacial score (nSPS) is 11.6. The molecular weight excluding hydrogens is 455 g/mol. The molecule has 1 atom stereocenters. The zero-order valence-corrected chi connectivity index (χ0v) is 17.9. The topological polar surface area (TPSA) is 58.6 Å². The van der Waals surface area contributed by atoms with Crippen LogP contribution in [0.3, 0.4) is 0 Å². The van der Waals surface area contributed by atoms with Gasteiger partial charge in [-0.25, -0.2) is 0 Å². The lowest BCUT2D eigenvalue weighted by Crippen LogP contribution is -2.48.